The van der Waals surface area contributed by atoms with Gasteiger partial charge in [0.25, 0.3) is 5.91 Å². The van der Waals surface area contributed by atoms with Crippen LogP contribution >= 0.6 is 38.6 Å². The van der Waals surface area contributed by atoms with Crippen LogP contribution in [0.1, 0.15) is 27.0 Å². The van der Waals surface area contributed by atoms with Crippen LogP contribution in [0.2, 0.25) is 0 Å². The van der Waals surface area contributed by atoms with Gasteiger partial charge in [0.05, 0.1) is 31.3 Å². The second-order valence-corrected chi connectivity index (χ2v) is 8.66. The Morgan fingerprint density at radius 2 is 1.74 bits per heavy atom. The summed E-state index contributed by atoms with van der Waals surface area (Å²) in [5.41, 5.74) is 0.565. The molecule has 1 amide bonds. The molecule has 3 aromatic rings. The Kier molecular flexibility index (Phi) is 6.93. The lowest BCUT2D eigenvalue weighted by atomic mass is 10.1. The number of nitrogens with zero attached hydrogens (tertiary/aromatic N) is 1. The van der Waals surface area contributed by atoms with E-state index < -0.39 is 0 Å². The molecule has 7 heteroatoms. The lowest BCUT2D eigenvalue weighted by molar-refractivity contribution is 0.0733. The first-order valence-corrected chi connectivity index (χ1v) is 11.0. The number of halogens is 1. The Labute approximate surface area is 175 Å². The van der Waals surface area contributed by atoms with Crippen molar-refractivity contribution in [3.63, 3.8) is 0 Å². The Balaban J connectivity index is 1.91. The van der Waals surface area contributed by atoms with E-state index in [0.29, 0.717) is 41.2 Å². The van der Waals surface area contributed by atoms with Crippen molar-refractivity contribution in [1.82, 2.24) is 4.90 Å². The van der Waals surface area contributed by atoms with E-state index in [0.717, 1.165) is 9.75 Å². The van der Waals surface area contributed by atoms with E-state index in [4.69, 9.17) is 9.47 Å². The minimum absolute atomic E-state index is 0.0427. The zero-order valence-corrected chi connectivity index (χ0v) is 18.3. The number of hydrogen-bond donors (Lipinski definition) is 0. The van der Waals surface area contributed by atoms with E-state index in [1.165, 1.54) is 0 Å². The van der Waals surface area contributed by atoms with Crippen LogP contribution in [-0.4, -0.2) is 24.5 Å². The number of carbonyl (C=O) groups is 1. The molecule has 0 saturated carbocycles. The molecular weight excluding hydrogens is 446 g/mol. The first-order chi connectivity index (χ1) is 13.1. The minimum atomic E-state index is -0.0427. The van der Waals surface area contributed by atoms with Crippen LogP contribution in [0.3, 0.4) is 0 Å². The molecule has 1 aromatic carbocycles. The Hall–Kier alpha value is -1.83. The van der Waals surface area contributed by atoms with Gasteiger partial charge < -0.3 is 14.4 Å². The molecule has 0 aliphatic rings. The predicted octanol–water partition coefficient (Wildman–Crippen LogP) is 5.82. The normalized spacial score (nSPS) is 10.6. The van der Waals surface area contributed by atoms with Crippen molar-refractivity contribution in [3.8, 4) is 11.5 Å². The molecule has 0 spiro atoms. The van der Waals surface area contributed by atoms with Crippen molar-refractivity contribution < 1.29 is 14.3 Å². The molecule has 0 aliphatic heterocycles. The van der Waals surface area contributed by atoms with Crippen molar-refractivity contribution in [3.05, 3.63) is 66.9 Å². The number of amides is 1. The first-order valence-electron chi connectivity index (χ1n) is 8.46. The maximum Gasteiger partial charge on any atom is 0.254 e. The quantitative estimate of drug-likeness (QED) is 0.420. The molecule has 0 atom stereocenters. The molecular formula is C20H20BrNO3S2. The van der Waals surface area contributed by atoms with Crippen molar-refractivity contribution in [2.75, 3.05) is 13.7 Å². The van der Waals surface area contributed by atoms with Gasteiger partial charge in [-0.15, -0.1) is 22.7 Å². The summed E-state index contributed by atoms with van der Waals surface area (Å²) in [5.74, 6) is 1.11. The highest BCUT2D eigenvalue weighted by Gasteiger charge is 2.21. The molecule has 2 heterocycles. The molecule has 0 saturated heterocycles. The molecule has 27 heavy (non-hydrogen) atoms. The maximum atomic E-state index is 13.3. The van der Waals surface area contributed by atoms with E-state index in [2.05, 4.69) is 15.9 Å². The minimum Gasteiger partial charge on any atom is -0.493 e. The molecule has 2 aromatic heterocycles. The Morgan fingerprint density at radius 3 is 2.22 bits per heavy atom. The SMILES string of the molecule is CCOc1c(Br)cc(C(=O)N(Cc2cccs2)Cc2cccs2)cc1OC. The highest BCUT2D eigenvalue weighted by Crippen LogP contribution is 2.37. The summed E-state index contributed by atoms with van der Waals surface area (Å²) in [7, 11) is 1.58. The highest BCUT2D eigenvalue weighted by molar-refractivity contribution is 9.10. The average Bonchev–Trinajstić information content (AvgIpc) is 3.36. The van der Waals surface area contributed by atoms with Crippen LogP contribution in [-0.2, 0) is 13.1 Å². The standard InChI is InChI=1S/C20H20BrNO3S2/c1-3-25-19-17(21)10-14(11-18(19)24-2)20(23)22(12-15-6-4-8-26-15)13-16-7-5-9-27-16/h4-11H,3,12-13H2,1-2H3. The number of thiophene rings is 2. The van der Waals surface area contributed by atoms with Gasteiger partial charge in [-0.2, -0.15) is 0 Å². The fraction of sp³-hybridized carbons (Fsp3) is 0.250. The third-order valence-corrected chi connectivity index (χ3v) is 6.22. The smallest absolute Gasteiger partial charge is 0.254 e. The van der Waals surface area contributed by atoms with Crippen LogP contribution in [0.5, 0.6) is 11.5 Å². The number of benzene rings is 1. The summed E-state index contributed by atoms with van der Waals surface area (Å²) in [4.78, 5) is 17.5. The number of hydrogen-bond acceptors (Lipinski definition) is 5. The zero-order valence-electron chi connectivity index (χ0n) is 15.1. The third kappa shape index (κ3) is 4.91. The molecule has 0 unspecified atom stereocenters. The molecule has 0 aliphatic carbocycles. The fourth-order valence-corrected chi connectivity index (χ4v) is 4.69. The van der Waals surface area contributed by atoms with Gasteiger partial charge >= 0.3 is 0 Å². The average molecular weight is 466 g/mol. The number of methoxy groups -OCH3 is 1. The number of ether oxygens (including phenoxy) is 2. The fourth-order valence-electron chi connectivity index (χ4n) is 2.69. The van der Waals surface area contributed by atoms with E-state index in [1.54, 1.807) is 41.9 Å². The van der Waals surface area contributed by atoms with Crippen LogP contribution in [0.15, 0.2) is 51.6 Å². The molecule has 0 fully saturated rings. The Morgan fingerprint density at radius 1 is 1.11 bits per heavy atom. The maximum absolute atomic E-state index is 13.3. The van der Waals surface area contributed by atoms with Crippen LogP contribution < -0.4 is 9.47 Å². The van der Waals surface area contributed by atoms with Crippen molar-refractivity contribution >= 4 is 44.5 Å². The number of carbonyl (C=O) groups excluding carboxylic acids is 1. The summed E-state index contributed by atoms with van der Waals surface area (Å²) in [6, 6.07) is 11.6. The first kappa shape index (κ1) is 19.9. The van der Waals surface area contributed by atoms with Gasteiger partial charge in [0.15, 0.2) is 11.5 Å². The van der Waals surface area contributed by atoms with Crippen molar-refractivity contribution in [1.29, 1.82) is 0 Å². The monoisotopic (exact) mass is 465 g/mol. The summed E-state index contributed by atoms with van der Waals surface area (Å²) in [6.07, 6.45) is 0. The van der Waals surface area contributed by atoms with Crippen LogP contribution in [0.25, 0.3) is 0 Å². The van der Waals surface area contributed by atoms with Gasteiger partial charge in [-0.05, 0) is 57.9 Å². The predicted molar refractivity (Wildman–Crippen MR) is 114 cm³/mol. The van der Waals surface area contributed by atoms with E-state index >= 15 is 0 Å². The van der Waals surface area contributed by atoms with Crippen LogP contribution in [0.4, 0.5) is 0 Å². The lowest BCUT2D eigenvalue weighted by Gasteiger charge is -2.22. The third-order valence-electron chi connectivity index (χ3n) is 3.91. The van der Waals surface area contributed by atoms with Gasteiger partial charge in [0.1, 0.15) is 0 Å². The largest absolute Gasteiger partial charge is 0.493 e. The van der Waals surface area contributed by atoms with Gasteiger partial charge in [-0.1, -0.05) is 12.1 Å². The second kappa shape index (κ2) is 9.39. The summed E-state index contributed by atoms with van der Waals surface area (Å²) < 4.78 is 11.8. The lowest BCUT2D eigenvalue weighted by Crippen LogP contribution is -2.29. The van der Waals surface area contributed by atoms with Gasteiger partial charge in [0.2, 0.25) is 0 Å². The molecule has 142 valence electrons. The van der Waals surface area contributed by atoms with Gasteiger partial charge in [-0.3, -0.25) is 4.79 Å². The topological polar surface area (TPSA) is 38.8 Å². The molecule has 0 bridgehead atoms. The highest BCUT2D eigenvalue weighted by atomic mass is 79.9. The van der Waals surface area contributed by atoms with Gasteiger partial charge in [-0.25, -0.2) is 0 Å². The van der Waals surface area contributed by atoms with Gasteiger partial charge in [0, 0.05) is 15.3 Å². The molecule has 4 nitrogen and oxygen atoms in total. The molecule has 0 radical (unpaired) electrons. The summed E-state index contributed by atoms with van der Waals surface area (Å²) >= 11 is 6.81. The van der Waals surface area contributed by atoms with E-state index in [-0.39, 0.29) is 5.91 Å². The number of rotatable bonds is 8. The van der Waals surface area contributed by atoms with E-state index in [1.807, 2.05) is 46.8 Å². The molecule has 0 N–H and O–H groups in total. The zero-order chi connectivity index (χ0) is 19.2. The summed E-state index contributed by atoms with van der Waals surface area (Å²) in [5, 5.41) is 4.05. The second-order valence-electron chi connectivity index (χ2n) is 5.74. The van der Waals surface area contributed by atoms with Crippen LogP contribution in [0, 0.1) is 0 Å². The van der Waals surface area contributed by atoms with Crippen molar-refractivity contribution in [2.24, 2.45) is 0 Å². The molecule has 3 rings (SSSR count). The Bertz CT molecular complexity index is 843. The van der Waals surface area contributed by atoms with E-state index in [9.17, 15) is 4.79 Å². The van der Waals surface area contributed by atoms with Crippen molar-refractivity contribution in [2.45, 2.75) is 20.0 Å². The summed E-state index contributed by atoms with van der Waals surface area (Å²) in [6.45, 7) is 3.57.